The quantitative estimate of drug-likeness (QED) is 0.520. The van der Waals surface area contributed by atoms with Gasteiger partial charge in [-0.05, 0) is 60.8 Å². The van der Waals surface area contributed by atoms with E-state index >= 15 is 0 Å². The Kier molecular flexibility index (Phi) is 6.93. The minimum Gasteiger partial charge on any atom is -0.310 e. The molecule has 0 aliphatic rings. The highest BCUT2D eigenvalue weighted by atomic mass is 79.9. The van der Waals surface area contributed by atoms with Gasteiger partial charge in [0.2, 0.25) is 0 Å². The Morgan fingerprint density at radius 3 is 2.29 bits per heavy atom. The summed E-state index contributed by atoms with van der Waals surface area (Å²) in [6, 6.07) is 15.3. The molecule has 2 aromatic carbocycles. The molecule has 0 saturated carbocycles. The third-order valence-electron chi connectivity index (χ3n) is 3.26. The maximum Gasteiger partial charge on any atom is 0.0361 e. The van der Waals surface area contributed by atoms with Gasteiger partial charge in [0.1, 0.15) is 0 Å². The molecule has 2 aromatic rings. The van der Waals surface area contributed by atoms with Crippen LogP contribution in [0.3, 0.4) is 0 Å². The van der Waals surface area contributed by atoms with E-state index in [2.05, 4.69) is 102 Å². The van der Waals surface area contributed by atoms with Crippen molar-refractivity contribution in [1.29, 1.82) is 0 Å². The minimum atomic E-state index is 0.313. The Balaban J connectivity index is 2.25. The molecular weight excluding hydrogens is 458 g/mol. The second-order valence-corrected chi connectivity index (χ2v) is 7.79. The Morgan fingerprint density at radius 1 is 0.952 bits per heavy atom. The van der Waals surface area contributed by atoms with Crippen molar-refractivity contribution in [2.24, 2.45) is 0 Å². The van der Waals surface area contributed by atoms with Gasteiger partial charge in [0.05, 0.1) is 0 Å². The maximum atomic E-state index is 3.65. The summed E-state index contributed by atoms with van der Waals surface area (Å²) in [5.41, 5.74) is 2.62. The van der Waals surface area contributed by atoms with E-state index in [0.29, 0.717) is 6.04 Å². The van der Waals surface area contributed by atoms with Gasteiger partial charge in [-0.15, -0.1) is 0 Å². The standard InChI is InChI=1S/C17H18Br3N/c1-2-6-21-17(8-12-4-3-5-14(18)7-12)13-9-15(19)11-16(20)10-13/h3-5,7,9-11,17,21H,2,6,8H2,1H3. The molecule has 1 N–H and O–H groups in total. The molecule has 0 aliphatic heterocycles. The monoisotopic (exact) mass is 473 g/mol. The average Bonchev–Trinajstić information content (AvgIpc) is 2.42. The van der Waals surface area contributed by atoms with Gasteiger partial charge in [0.15, 0.2) is 0 Å². The highest BCUT2D eigenvalue weighted by Gasteiger charge is 2.13. The summed E-state index contributed by atoms with van der Waals surface area (Å²) >= 11 is 10.7. The zero-order chi connectivity index (χ0) is 15.2. The fourth-order valence-electron chi connectivity index (χ4n) is 2.30. The Hall–Kier alpha value is -0.160. The van der Waals surface area contributed by atoms with Gasteiger partial charge in [0, 0.05) is 19.5 Å². The first-order chi connectivity index (χ1) is 10.1. The summed E-state index contributed by atoms with van der Waals surface area (Å²) in [5.74, 6) is 0. The first-order valence-electron chi connectivity index (χ1n) is 7.02. The van der Waals surface area contributed by atoms with Crippen LogP contribution < -0.4 is 5.32 Å². The first-order valence-corrected chi connectivity index (χ1v) is 9.40. The normalized spacial score (nSPS) is 12.4. The van der Waals surface area contributed by atoms with E-state index in [-0.39, 0.29) is 0 Å². The number of halogens is 3. The van der Waals surface area contributed by atoms with Crippen molar-refractivity contribution in [1.82, 2.24) is 5.32 Å². The van der Waals surface area contributed by atoms with Crippen molar-refractivity contribution < 1.29 is 0 Å². The molecular formula is C17H18Br3N. The highest BCUT2D eigenvalue weighted by Crippen LogP contribution is 2.27. The van der Waals surface area contributed by atoms with Crippen LogP contribution in [-0.4, -0.2) is 6.54 Å². The molecule has 0 fully saturated rings. The van der Waals surface area contributed by atoms with Crippen LogP contribution in [0.15, 0.2) is 55.9 Å². The molecule has 0 aromatic heterocycles. The van der Waals surface area contributed by atoms with Crippen LogP contribution in [0.5, 0.6) is 0 Å². The van der Waals surface area contributed by atoms with Crippen molar-refractivity contribution in [2.75, 3.05) is 6.54 Å². The third kappa shape index (κ3) is 5.51. The second kappa shape index (κ2) is 8.47. The van der Waals surface area contributed by atoms with Crippen LogP contribution in [0.4, 0.5) is 0 Å². The predicted octanol–water partition coefficient (Wildman–Crippen LogP) is 6.26. The van der Waals surface area contributed by atoms with Crippen LogP contribution in [0.1, 0.15) is 30.5 Å². The zero-order valence-electron chi connectivity index (χ0n) is 11.9. The molecule has 112 valence electrons. The molecule has 21 heavy (non-hydrogen) atoms. The van der Waals surface area contributed by atoms with Crippen molar-refractivity contribution >= 4 is 47.8 Å². The summed E-state index contributed by atoms with van der Waals surface area (Å²) < 4.78 is 3.33. The number of nitrogens with one attached hydrogen (secondary N) is 1. The molecule has 0 amide bonds. The van der Waals surface area contributed by atoms with Crippen molar-refractivity contribution in [2.45, 2.75) is 25.8 Å². The van der Waals surface area contributed by atoms with Crippen molar-refractivity contribution in [3.05, 3.63) is 67.0 Å². The van der Waals surface area contributed by atoms with E-state index in [1.165, 1.54) is 11.1 Å². The number of hydrogen-bond donors (Lipinski definition) is 1. The van der Waals surface area contributed by atoms with Crippen LogP contribution in [-0.2, 0) is 6.42 Å². The lowest BCUT2D eigenvalue weighted by Crippen LogP contribution is -2.24. The minimum absolute atomic E-state index is 0.313. The van der Waals surface area contributed by atoms with Crippen LogP contribution in [0.2, 0.25) is 0 Å². The maximum absolute atomic E-state index is 3.65. The number of rotatable bonds is 6. The second-order valence-electron chi connectivity index (χ2n) is 5.04. The van der Waals surface area contributed by atoms with Gasteiger partial charge in [-0.3, -0.25) is 0 Å². The molecule has 0 heterocycles. The SMILES string of the molecule is CCCNC(Cc1cccc(Br)c1)c1cc(Br)cc(Br)c1. The van der Waals surface area contributed by atoms with Crippen LogP contribution in [0, 0.1) is 0 Å². The van der Waals surface area contributed by atoms with E-state index in [1.807, 2.05) is 0 Å². The Morgan fingerprint density at radius 2 is 1.67 bits per heavy atom. The summed E-state index contributed by atoms with van der Waals surface area (Å²) in [7, 11) is 0. The molecule has 0 radical (unpaired) electrons. The lowest BCUT2D eigenvalue weighted by Gasteiger charge is -2.20. The van der Waals surface area contributed by atoms with Gasteiger partial charge in [-0.2, -0.15) is 0 Å². The molecule has 0 bridgehead atoms. The van der Waals surface area contributed by atoms with Gasteiger partial charge in [-0.25, -0.2) is 0 Å². The highest BCUT2D eigenvalue weighted by molar-refractivity contribution is 9.11. The fourth-order valence-corrected chi connectivity index (χ4v) is 4.08. The molecule has 2 rings (SSSR count). The average molecular weight is 476 g/mol. The fraction of sp³-hybridized carbons (Fsp3) is 0.294. The van der Waals surface area contributed by atoms with E-state index < -0.39 is 0 Å². The molecule has 1 nitrogen and oxygen atoms in total. The lowest BCUT2D eigenvalue weighted by molar-refractivity contribution is 0.529. The summed E-state index contributed by atoms with van der Waals surface area (Å²) in [6.07, 6.45) is 2.10. The van der Waals surface area contributed by atoms with Crippen molar-refractivity contribution in [3.8, 4) is 0 Å². The van der Waals surface area contributed by atoms with E-state index in [9.17, 15) is 0 Å². The largest absolute Gasteiger partial charge is 0.310 e. The van der Waals surface area contributed by atoms with E-state index in [0.717, 1.165) is 32.8 Å². The number of benzene rings is 2. The van der Waals surface area contributed by atoms with Crippen LogP contribution >= 0.6 is 47.8 Å². The van der Waals surface area contributed by atoms with E-state index in [1.54, 1.807) is 0 Å². The molecule has 4 heteroatoms. The lowest BCUT2D eigenvalue weighted by atomic mass is 9.99. The van der Waals surface area contributed by atoms with Crippen molar-refractivity contribution in [3.63, 3.8) is 0 Å². The van der Waals surface area contributed by atoms with Gasteiger partial charge >= 0.3 is 0 Å². The van der Waals surface area contributed by atoms with Gasteiger partial charge in [0.25, 0.3) is 0 Å². The van der Waals surface area contributed by atoms with Gasteiger partial charge in [-0.1, -0.05) is 66.8 Å². The molecule has 1 atom stereocenters. The van der Waals surface area contributed by atoms with Gasteiger partial charge < -0.3 is 5.32 Å². The summed E-state index contributed by atoms with van der Waals surface area (Å²) in [5, 5.41) is 3.65. The Bertz CT molecular complexity index is 578. The number of hydrogen-bond acceptors (Lipinski definition) is 1. The topological polar surface area (TPSA) is 12.0 Å². The summed E-state index contributed by atoms with van der Waals surface area (Å²) in [6.45, 7) is 3.21. The predicted molar refractivity (Wildman–Crippen MR) is 101 cm³/mol. The zero-order valence-corrected chi connectivity index (χ0v) is 16.6. The molecule has 0 aliphatic carbocycles. The molecule has 0 saturated heterocycles. The molecule has 1 unspecified atom stereocenters. The summed E-state index contributed by atoms with van der Waals surface area (Å²) in [4.78, 5) is 0. The Labute approximate surface area is 151 Å². The van der Waals surface area contributed by atoms with E-state index in [4.69, 9.17) is 0 Å². The first kappa shape index (κ1) is 17.2. The third-order valence-corrected chi connectivity index (χ3v) is 4.67. The smallest absolute Gasteiger partial charge is 0.0361 e. The van der Waals surface area contributed by atoms with Crippen LogP contribution in [0.25, 0.3) is 0 Å². The molecule has 0 spiro atoms.